The van der Waals surface area contributed by atoms with Gasteiger partial charge in [-0.15, -0.1) is 0 Å². The second-order valence-electron chi connectivity index (χ2n) is 6.92. The third-order valence-corrected chi connectivity index (χ3v) is 5.64. The van der Waals surface area contributed by atoms with Gasteiger partial charge in [0.2, 0.25) is 0 Å². The summed E-state index contributed by atoms with van der Waals surface area (Å²) in [5, 5.41) is 4.99. The van der Waals surface area contributed by atoms with Crippen LogP contribution in [0.3, 0.4) is 0 Å². The van der Waals surface area contributed by atoms with Crippen molar-refractivity contribution in [3.63, 3.8) is 0 Å². The van der Waals surface area contributed by atoms with Crippen molar-refractivity contribution in [2.45, 2.75) is 12.1 Å². The number of carbonyl (C=O) groups is 1. The molecular weight excluding hydrogens is 427 g/mol. The Hall–Kier alpha value is -3.78. The number of benzene rings is 3. The first-order chi connectivity index (χ1) is 15.5. The summed E-state index contributed by atoms with van der Waals surface area (Å²) in [5.41, 5.74) is 4.79. The van der Waals surface area contributed by atoms with Gasteiger partial charge < -0.3 is 0 Å². The second kappa shape index (κ2) is 9.57. The van der Waals surface area contributed by atoms with Crippen LogP contribution in [-0.4, -0.2) is 26.9 Å². The predicted octanol–water partition coefficient (Wildman–Crippen LogP) is 4.16. The van der Waals surface area contributed by atoms with E-state index in [0.717, 1.165) is 11.8 Å². The zero-order valence-electron chi connectivity index (χ0n) is 17.2. The van der Waals surface area contributed by atoms with E-state index in [1.165, 1.54) is 16.7 Å². The number of hydrazone groups is 1. The van der Waals surface area contributed by atoms with Gasteiger partial charge in [0, 0.05) is 0 Å². The van der Waals surface area contributed by atoms with Crippen LogP contribution in [0.5, 0.6) is 0 Å². The van der Waals surface area contributed by atoms with Crippen LogP contribution >= 0.6 is 11.8 Å². The van der Waals surface area contributed by atoms with Crippen molar-refractivity contribution in [2.24, 2.45) is 5.10 Å². The van der Waals surface area contributed by atoms with Crippen LogP contribution < -0.4 is 11.0 Å². The summed E-state index contributed by atoms with van der Waals surface area (Å²) in [6.45, 7) is 1.72. The van der Waals surface area contributed by atoms with Crippen LogP contribution in [0.2, 0.25) is 0 Å². The summed E-state index contributed by atoms with van der Waals surface area (Å²) in [6, 6.07) is 22.1. The lowest BCUT2D eigenvalue weighted by molar-refractivity contribution is -0.118. The first kappa shape index (κ1) is 21.5. The minimum atomic E-state index is -0.349. The van der Waals surface area contributed by atoms with Gasteiger partial charge in [-0.1, -0.05) is 54.2 Å². The molecule has 1 amide bonds. The van der Waals surface area contributed by atoms with Crippen molar-refractivity contribution in [2.75, 3.05) is 5.75 Å². The van der Waals surface area contributed by atoms with Crippen molar-refractivity contribution >= 4 is 34.3 Å². The average molecular weight is 447 g/mol. The maximum Gasteiger partial charge on any atom is 0.266 e. The number of nitrogens with zero attached hydrogens (tertiary/aromatic N) is 3. The number of hydrogen-bond acceptors (Lipinski definition) is 5. The van der Waals surface area contributed by atoms with Crippen molar-refractivity contribution < 1.29 is 9.18 Å². The quantitative estimate of drug-likeness (QED) is 0.209. The summed E-state index contributed by atoms with van der Waals surface area (Å²) >= 11 is 1.15. The highest BCUT2D eigenvalue weighted by Gasteiger charge is 2.14. The van der Waals surface area contributed by atoms with E-state index in [1.54, 1.807) is 37.3 Å². The van der Waals surface area contributed by atoms with E-state index in [9.17, 15) is 14.0 Å². The molecule has 160 valence electrons. The van der Waals surface area contributed by atoms with Gasteiger partial charge in [-0.25, -0.2) is 14.8 Å². The Labute approximate surface area is 187 Å². The van der Waals surface area contributed by atoms with Crippen molar-refractivity contribution in [3.05, 3.63) is 101 Å². The third-order valence-electron chi connectivity index (χ3n) is 4.70. The number of fused-ring (bicyclic) bond motifs is 1. The van der Waals surface area contributed by atoms with Crippen LogP contribution in [0.4, 0.5) is 4.39 Å². The number of carbonyl (C=O) groups excluding carboxylic acids is 1. The molecule has 6 nitrogen and oxygen atoms in total. The Bertz CT molecular complexity index is 1350. The van der Waals surface area contributed by atoms with Crippen molar-refractivity contribution in [1.29, 1.82) is 0 Å². The molecule has 4 aromatic rings. The Balaban J connectivity index is 1.56. The summed E-state index contributed by atoms with van der Waals surface area (Å²) < 4.78 is 14.6. The SMILES string of the molecule is C/C(=N/NC(=O)CSc1nc2ccccc2c(=O)n1-c1ccccc1)c1ccc(F)cc1. The first-order valence-corrected chi connectivity index (χ1v) is 10.8. The van der Waals surface area contributed by atoms with Gasteiger partial charge in [0.25, 0.3) is 11.5 Å². The van der Waals surface area contributed by atoms with Gasteiger partial charge in [-0.05, 0) is 48.9 Å². The first-order valence-electron chi connectivity index (χ1n) is 9.82. The molecule has 0 spiro atoms. The van der Waals surface area contributed by atoms with E-state index in [2.05, 4.69) is 15.5 Å². The highest BCUT2D eigenvalue weighted by molar-refractivity contribution is 7.99. The monoisotopic (exact) mass is 446 g/mol. The average Bonchev–Trinajstić information content (AvgIpc) is 2.82. The van der Waals surface area contributed by atoms with Crippen molar-refractivity contribution in [1.82, 2.24) is 15.0 Å². The van der Waals surface area contributed by atoms with E-state index in [0.29, 0.717) is 33.0 Å². The molecule has 0 aliphatic carbocycles. The number of halogens is 1. The lowest BCUT2D eigenvalue weighted by Gasteiger charge is -2.13. The Morgan fingerprint density at radius 2 is 1.72 bits per heavy atom. The zero-order valence-corrected chi connectivity index (χ0v) is 18.0. The van der Waals surface area contributed by atoms with Gasteiger partial charge in [0.05, 0.1) is 28.1 Å². The fourth-order valence-electron chi connectivity index (χ4n) is 3.08. The van der Waals surface area contributed by atoms with Gasteiger partial charge in [0.1, 0.15) is 5.82 Å². The van der Waals surface area contributed by atoms with Gasteiger partial charge >= 0.3 is 0 Å². The Morgan fingerprint density at radius 1 is 1.03 bits per heavy atom. The Morgan fingerprint density at radius 3 is 2.47 bits per heavy atom. The molecule has 4 rings (SSSR count). The molecular formula is C24H19FN4O2S. The molecule has 0 aliphatic heterocycles. The van der Waals surface area contributed by atoms with Crippen LogP contribution in [0.15, 0.2) is 93.9 Å². The smallest absolute Gasteiger partial charge is 0.266 e. The molecule has 1 aromatic heterocycles. The molecule has 0 saturated carbocycles. The maximum absolute atomic E-state index is 13.2. The van der Waals surface area contributed by atoms with Crippen molar-refractivity contribution in [3.8, 4) is 5.69 Å². The lowest BCUT2D eigenvalue weighted by Crippen LogP contribution is -2.24. The third kappa shape index (κ3) is 4.76. The number of aromatic nitrogens is 2. The van der Waals surface area contributed by atoms with Crippen LogP contribution in [-0.2, 0) is 4.79 Å². The number of nitrogens with one attached hydrogen (secondary N) is 1. The molecule has 0 bridgehead atoms. The summed E-state index contributed by atoms with van der Waals surface area (Å²) in [5.74, 6) is -0.675. The minimum Gasteiger partial charge on any atom is -0.272 e. The summed E-state index contributed by atoms with van der Waals surface area (Å²) in [6.07, 6.45) is 0. The van der Waals surface area contributed by atoms with E-state index < -0.39 is 0 Å². The second-order valence-corrected chi connectivity index (χ2v) is 7.86. The van der Waals surface area contributed by atoms with E-state index in [-0.39, 0.29) is 23.0 Å². The minimum absolute atomic E-state index is 0.0117. The highest BCUT2D eigenvalue weighted by atomic mass is 32.2. The number of rotatable bonds is 6. The van der Waals surface area contributed by atoms with Crippen LogP contribution in [0.1, 0.15) is 12.5 Å². The van der Waals surface area contributed by atoms with Gasteiger partial charge in [0.15, 0.2) is 5.16 Å². The molecule has 0 radical (unpaired) electrons. The fourth-order valence-corrected chi connectivity index (χ4v) is 3.88. The standard InChI is InChI=1S/C24H19FN4O2S/c1-16(17-11-13-18(25)14-12-17)27-28-22(30)15-32-24-26-21-10-6-5-9-20(21)23(31)29(24)19-7-3-2-4-8-19/h2-14H,15H2,1H3,(H,28,30)/b27-16-. The fraction of sp³-hybridized carbons (Fsp3) is 0.0833. The molecule has 3 aromatic carbocycles. The predicted molar refractivity (Wildman–Crippen MR) is 125 cm³/mol. The summed E-state index contributed by atoms with van der Waals surface area (Å²) in [7, 11) is 0. The van der Waals surface area contributed by atoms with E-state index in [4.69, 9.17) is 0 Å². The molecule has 0 unspecified atom stereocenters. The normalized spacial score (nSPS) is 11.5. The van der Waals surface area contributed by atoms with Crippen LogP contribution in [0.25, 0.3) is 16.6 Å². The van der Waals surface area contributed by atoms with Crippen LogP contribution in [0, 0.1) is 5.82 Å². The topological polar surface area (TPSA) is 76.3 Å². The molecule has 0 fully saturated rings. The lowest BCUT2D eigenvalue weighted by atomic mass is 10.1. The molecule has 0 atom stereocenters. The maximum atomic E-state index is 13.2. The van der Waals surface area contributed by atoms with Gasteiger partial charge in [-0.3, -0.25) is 14.2 Å². The Kier molecular flexibility index (Phi) is 6.42. The molecule has 0 aliphatic rings. The van der Waals surface area contributed by atoms with Gasteiger partial charge in [-0.2, -0.15) is 5.10 Å². The highest BCUT2D eigenvalue weighted by Crippen LogP contribution is 2.21. The largest absolute Gasteiger partial charge is 0.272 e. The molecule has 0 saturated heterocycles. The number of amides is 1. The van der Waals surface area contributed by atoms with E-state index >= 15 is 0 Å². The number of para-hydroxylation sites is 2. The zero-order chi connectivity index (χ0) is 22.5. The van der Waals surface area contributed by atoms with E-state index in [1.807, 2.05) is 36.4 Å². The molecule has 1 heterocycles. The summed E-state index contributed by atoms with van der Waals surface area (Å²) in [4.78, 5) is 30.1. The molecule has 8 heteroatoms. The number of hydrogen-bond donors (Lipinski definition) is 1. The molecule has 32 heavy (non-hydrogen) atoms. The molecule has 1 N–H and O–H groups in total. The number of thioether (sulfide) groups is 1.